The Morgan fingerprint density at radius 3 is 1.27 bits per heavy atom. The first-order valence-electron chi connectivity index (χ1n) is 25.8. The summed E-state index contributed by atoms with van der Waals surface area (Å²) in [6.07, 6.45) is 69.9. The number of esters is 2. The minimum absolute atomic E-state index is 0.0457. The zero-order chi connectivity index (χ0) is 44.9. The zero-order valence-corrected chi connectivity index (χ0v) is 40.6. The molecular weight excluding hydrogens is 765 g/mol. The van der Waals surface area contributed by atoms with Gasteiger partial charge in [-0.1, -0.05) is 201 Å². The van der Waals surface area contributed by atoms with Gasteiger partial charge in [0, 0.05) is 19.4 Å². The number of carbonyl (C=O) groups excluding carboxylic acids is 2. The Morgan fingerprint density at radius 1 is 0.371 bits per heavy atom. The van der Waals surface area contributed by atoms with Gasteiger partial charge >= 0.3 is 11.9 Å². The van der Waals surface area contributed by atoms with Crippen LogP contribution in [0.4, 0.5) is 0 Å². The van der Waals surface area contributed by atoms with Crippen LogP contribution in [-0.4, -0.2) is 37.9 Å². The summed E-state index contributed by atoms with van der Waals surface area (Å²) in [5, 5.41) is 0. The van der Waals surface area contributed by atoms with E-state index in [1.807, 2.05) is 0 Å². The number of unbranched alkanes of at least 4 members (excludes halogenated alkanes) is 19. The molecule has 0 radical (unpaired) electrons. The molecule has 354 valence electrons. The lowest BCUT2D eigenvalue weighted by molar-refractivity contribution is -0.163. The number of ether oxygens (including phenoxy) is 3. The quantitative estimate of drug-likeness (QED) is 0.0347. The van der Waals surface area contributed by atoms with Crippen LogP contribution < -0.4 is 0 Å². The molecule has 0 rings (SSSR count). The molecule has 0 aliphatic carbocycles. The summed E-state index contributed by atoms with van der Waals surface area (Å²) >= 11 is 0. The van der Waals surface area contributed by atoms with E-state index in [0.29, 0.717) is 19.4 Å². The minimum atomic E-state index is -0.571. The highest BCUT2D eigenvalue weighted by Gasteiger charge is 2.17. The van der Waals surface area contributed by atoms with Crippen LogP contribution in [-0.2, 0) is 23.8 Å². The van der Waals surface area contributed by atoms with Gasteiger partial charge < -0.3 is 14.2 Å². The van der Waals surface area contributed by atoms with E-state index in [4.69, 9.17) is 14.2 Å². The topological polar surface area (TPSA) is 61.8 Å². The van der Waals surface area contributed by atoms with Crippen molar-refractivity contribution in [3.63, 3.8) is 0 Å². The fourth-order valence-electron chi connectivity index (χ4n) is 6.73. The molecule has 0 aromatic carbocycles. The number of rotatable bonds is 46. The number of allylic oxidation sites excluding steroid dienone is 16. The standard InChI is InChI=1S/C57H96O5/c1-4-7-10-13-16-19-22-25-27-29-31-33-35-38-41-44-47-50-56(58)61-54-55(53-60-52-49-46-43-40-37-24-21-18-15-12-9-6-3)62-57(59)51-48-45-42-39-36-34-32-30-28-26-23-20-17-14-11-8-5-2/h7,10,15-20,25-28,31,33,38,41,55H,4-6,8-9,11-14,21-24,29-30,32,34-37,39-40,42-54H2,1-3H3/b10-7-,18-15-,19-16-,20-17-,27-25-,28-26-,33-31-,41-38-. The molecule has 0 fully saturated rings. The maximum atomic E-state index is 12.8. The van der Waals surface area contributed by atoms with Gasteiger partial charge in [-0.2, -0.15) is 0 Å². The van der Waals surface area contributed by atoms with Gasteiger partial charge in [0.05, 0.1) is 6.61 Å². The second-order valence-corrected chi connectivity index (χ2v) is 16.7. The van der Waals surface area contributed by atoms with E-state index >= 15 is 0 Å². The van der Waals surface area contributed by atoms with Crippen LogP contribution in [0, 0.1) is 0 Å². The zero-order valence-electron chi connectivity index (χ0n) is 40.6. The SMILES string of the molecule is CC/C=C\C/C=C\C/C=C\C/C=C\C/C=C\CCCC(=O)OCC(COCCCCCCCC/C=C\CCCC)OC(=O)CCCCCCCCC/C=C\C/C=C\CCCCC. The summed E-state index contributed by atoms with van der Waals surface area (Å²) in [6.45, 7) is 7.57. The van der Waals surface area contributed by atoms with E-state index in [0.717, 1.165) is 83.5 Å². The second kappa shape index (κ2) is 52.2. The lowest BCUT2D eigenvalue weighted by Crippen LogP contribution is -2.30. The molecule has 0 saturated heterocycles. The number of hydrogen-bond donors (Lipinski definition) is 0. The van der Waals surface area contributed by atoms with Gasteiger partial charge in [-0.25, -0.2) is 0 Å². The molecule has 5 heteroatoms. The summed E-state index contributed by atoms with van der Waals surface area (Å²) in [6, 6.07) is 0. The van der Waals surface area contributed by atoms with E-state index in [1.54, 1.807) is 0 Å². The molecule has 0 aliphatic rings. The van der Waals surface area contributed by atoms with E-state index in [-0.39, 0.29) is 25.2 Å². The molecule has 62 heavy (non-hydrogen) atoms. The van der Waals surface area contributed by atoms with Gasteiger partial charge in [0.25, 0.3) is 0 Å². The molecule has 0 aromatic heterocycles. The van der Waals surface area contributed by atoms with Gasteiger partial charge in [0.2, 0.25) is 0 Å². The third-order valence-electron chi connectivity index (χ3n) is 10.6. The van der Waals surface area contributed by atoms with Gasteiger partial charge in [0.15, 0.2) is 6.10 Å². The highest BCUT2D eigenvalue weighted by atomic mass is 16.6. The van der Waals surface area contributed by atoms with Crippen molar-refractivity contribution in [1.82, 2.24) is 0 Å². The first-order valence-corrected chi connectivity index (χ1v) is 25.8. The van der Waals surface area contributed by atoms with Crippen molar-refractivity contribution in [1.29, 1.82) is 0 Å². The third kappa shape index (κ3) is 49.5. The van der Waals surface area contributed by atoms with Crippen molar-refractivity contribution in [2.75, 3.05) is 19.8 Å². The van der Waals surface area contributed by atoms with Crippen LogP contribution in [0.5, 0.6) is 0 Å². The Balaban J connectivity index is 4.38. The highest BCUT2D eigenvalue weighted by Crippen LogP contribution is 2.13. The van der Waals surface area contributed by atoms with Crippen LogP contribution in [0.1, 0.15) is 226 Å². The molecule has 1 atom stereocenters. The maximum absolute atomic E-state index is 12.8. The predicted molar refractivity (Wildman–Crippen MR) is 270 cm³/mol. The first-order chi connectivity index (χ1) is 30.6. The molecule has 0 saturated carbocycles. The molecule has 0 spiro atoms. The largest absolute Gasteiger partial charge is 0.462 e. The maximum Gasteiger partial charge on any atom is 0.306 e. The normalized spacial score (nSPS) is 13.0. The summed E-state index contributed by atoms with van der Waals surface area (Å²) in [5.41, 5.74) is 0. The second-order valence-electron chi connectivity index (χ2n) is 16.7. The van der Waals surface area contributed by atoms with Crippen LogP contribution in [0.3, 0.4) is 0 Å². The summed E-state index contributed by atoms with van der Waals surface area (Å²) < 4.78 is 17.3. The Morgan fingerprint density at radius 2 is 0.758 bits per heavy atom. The first kappa shape index (κ1) is 58.8. The molecule has 0 N–H and O–H groups in total. The van der Waals surface area contributed by atoms with Crippen molar-refractivity contribution in [3.8, 4) is 0 Å². The average Bonchev–Trinajstić information content (AvgIpc) is 3.27. The highest BCUT2D eigenvalue weighted by molar-refractivity contribution is 5.70. The van der Waals surface area contributed by atoms with Crippen LogP contribution >= 0.6 is 0 Å². The average molecular weight is 861 g/mol. The van der Waals surface area contributed by atoms with Gasteiger partial charge in [-0.05, 0) is 109 Å². The Kier molecular flexibility index (Phi) is 49.5. The van der Waals surface area contributed by atoms with Crippen LogP contribution in [0.2, 0.25) is 0 Å². The van der Waals surface area contributed by atoms with Gasteiger partial charge in [-0.15, -0.1) is 0 Å². The van der Waals surface area contributed by atoms with E-state index in [2.05, 4.69) is 118 Å². The Bertz CT molecular complexity index is 1200. The fraction of sp³-hybridized carbons (Fsp3) is 0.684. The third-order valence-corrected chi connectivity index (χ3v) is 10.6. The molecule has 0 bridgehead atoms. The van der Waals surface area contributed by atoms with E-state index in [9.17, 15) is 9.59 Å². The van der Waals surface area contributed by atoms with Crippen molar-refractivity contribution in [3.05, 3.63) is 97.2 Å². The van der Waals surface area contributed by atoms with Crippen molar-refractivity contribution in [2.24, 2.45) is 0 Å². The molecule has 0 amide bonds. The van der Waals surface area contributed by atoms with Crippen molar-refractivity contribution >= 4 is 11.9 Å². The molecule has 0 aromatic rings. The fourth-order valence-corrected chi connectivity index (χ4v) is 6.73. The molecule has 0 heterocycles. The smallest absolute Gasteiger partial charge is 0.306 e. The van der Waals surface area contributed by atoms with E-state index in [1.165, 1.54) is 109 Å². The molecule has 0 aliphatic heterocycles. The van der Waals surface area contributed by atoms with Gasteiger partial charge in [-0.3, -0.25) is 9.59 Å². The molecule has 5 nitrogen and oxygen atoms in total. The van der Waals surface area contributed by atoms with Crippen molar-refractivity contribution in [2.45, 2.75) is 232 Å². The predicted octanol–water partition coefficient (Wildman–Crippen LogP) is 17.5. The van der Waals surface area contributed by atoms with E-state index < -0.39 is 6.10 Å². The summed E-state index contributed by atoms with van der Waals surface area (Å²) in [5.74, 6) is -0.480. The van der Waals surface area contributed by atoms with Crippen LogP contribution in [0.25, 0.3) is 0 Å². The van der Waals surface area contributed by atoms with Crippen LogP contribution in [0.15, 0.2) is 97.2 Å². The summed E-state index contributed by atoms with van der Waals surface area (Å²) in [7, 11) is 0. The Hall–Kier alpha value is -3.18. The summed E-state index contributed by atoms with van der Waals surface area (Å²) in [4.78, 5) is 25.4. The number of hydrogen-bond acceptors (Lipinski definition) is 5. The number of carbonyl (C=O) groups is 2. The molecule has 1 unspecified atom stereocenters. The lowest BCUT2D eigenvalue weighted by Gasteiger charge is -2.18. The Labute approximate surface area is 383 Å². The monoisotopic (exact) mass is 861 g/mol. The lowest BCUT2D eigenvalue weighted by atomic mass is 10.1. The molecular formula is C57H96O5. The van der Waals surface area contributed by atoms with Gasteiger partial charge in [0.1, 0.15) is 6.61 Å². The van der Waals surface area contributed by atoms with Crippen molar-refractivity contribution < 1.29 is 23.8 Å². The minimum Gasteiger partial charge on any atom is -0.462 e.